The van der Waals surface area contributed by atoms with E-state index in [4.69, 9.17) is 18.3 Å². The topological polar surface area (TPSA) is 40.2 Å². The summed E-state index contributed by atoms with van der Waals surface area (Å²) >= 11 is 0. The first kappa shape index (κ1) is 19.1. The van der Waals surface area contributed by atoms with Gasteiger partial charge in [0.25, 0.3) is 0 Å². The summed E-state index contributed by atoms with van der Waals surface area (Å²) in [6.45, 7) is 11.6. The van der Waals surface area contributed by atoms with Gasteiger partial charge in [-0.15, -0.1) is 0 Å². The zero-order valence-corrected chi connectivity index (χ0v) is 15.4. The van der Waals surface area contributed by atoms with Gasteiger partial charge in [0.05, 0.1) is 19.3 Å². The van der Waals surface area contributed by atoms with Gasteiger partial charge in [0.15, 0.2) is 0 Å². The van der Waals surface area contributed by atoms with Crippen molar-refractivity contribution < 1.29 is 18.3 Å². The molecule has 21 heavy (non-hydrogen) atoms. The second kappa shape index (κ2) is 10.7. The summed E-state index contributed by atoms with van der Waals surface area (Å²) in [5.74, 6) is 0. The summed E-state index contributed by atoms with van der Waals surface area (Å²) < 4.78 is 23.1. The van der Waals surface area contributed by atoms with E-state index in [0.29, 0.717) is 12.2 Å². The maximum absolute atomic E-state index is 6.05. The first-order valence-electron chi connectivity index (χ1n) is 8.64. The lowest BCUT2D eigenvalue weighted by atomic mass is 10.1. The Bertz CT molecular complexity index is 253. The molecule has 0 bridgehead atoms. The standard InChI is InChI=1S/C16H34O4Si/c1-5-8-9-10-15(17-13-16-14-18-16)11-12-21(4,19-6-2)20-7-3/h15-16H,5-14H2,1-4H3. The Hall–Kier alpha value is 0.0569. The molecule has 0 aromatic rings. The molecule has 4 nitrogen and oxygen atoms in total. The largest absolute Gasteiger partial charge is 0.395 e. The van der Waals surface area contributed by atoms with Crippen molar-refractivity contribution in [2.45, 2.75) is 77.7 Å². The van der Waals surface area contributed by atoms with Crippen molar-refractivity contribution in [1.82, 2.24) is 0 Å². The van der Waals surface area contributed by atoms with Crippen LogP contribution in [-0.2, 0) is 18.3 Å². The van der Waals surface area contributed by atoms with Crippen LogP contribution in [0.25, 0.3) is 0 Å². The molecule has 0 amide bonds. The maximum atomic E-state index is 6.05. The van der Waals surface area contributed by atoms with Gasteiger partial charge in [-0.3, -0.25) is 0 Å². The third kappa shape index (κ3) is 8.93. The molecule has 0 spiro atoms. The van der Waals surface area contributed by atoms with Crippen LogP contribution in [0.2, 0.25) is 12.6 Å². The van der Waals surface area contributed by atoms with E-state index < -0.39 is 8.56 Å². The van der Waals surface area contributed by atoms with Crippen LogP contribution in [0.5, 0.6) is 0 Å². The molecule has 1 rings (SSSR count). The quantitative estimate of drug-likeness (QED) is 0.277. The van der Waals surface area contributed by atoms with E-state index in [0.717, 1.165) is 45.3 Å². The average molecular weight is 319 g/mol. The predicted octanol–water partition coefficient (Wildman–Crippen LogP) is 3.89. The van der Waals surface area contributed by atoms with Gasteiger partial charge < -0.3 is 18.3 Å². The monoisotopic (exact) mass is 318 g/mol. The van der Waals surface area contributed by atoms with Crippen molar-refractivity contribution >= 4 is 8.56 Å². The second-order valence-corrected chi connectivity index (χ2v) is 9.29. The molecule has 0 aliphatic carbocycles. The molecule has 5 heteroatoms. The molecule has 1 heterocycles. The third-order valence-corrected chi connectivity index (χ3v) is 6.87. The van der Waals surface area contributed by atoms with Crippen LogP contribution in [0.15, 0.2) is 0 Å². The van der Waals surface area contributed by atoms with E-state index in [-0.39, 0.29) is 0 Å². The molecule has 0 saturated carbocycles. The molecule has 1 fully saturated rings. The van der Waals surface area contributed by atoms with Gasteiger partial charge in [-0.25, -0.2) is 0 Å². The molecule has 1 aliphatic rings. The molecule has 0 N–H and O–H groups in total. The smallest absolute Gasteiger partial charge is 0.335 e. The fourth-order valence-electron chi connectivity index (χ4n) is 2.56. The normalized spacial score (nSPS) is 19.7. The number of hydrogen-bond acceptors (Lipinski definition) is 4. The van der Waals surface area contributed by atoms with Gasteiger partial charge in [-0.05, 0) is 39.3 Å². The fourth-order valence-corrected chi connectivity index (χ4v) is 5.00. The van der Waals surface area contributed by atoms with Crippen molar-refractivity contribution in [1.29, 1.82) is 0 Å². The number of hydrogen-bond donors (Lipinski definition) is 0. The van der Waals surface area contributed by atoms with Gasteiger partial charge in [-0.2, -0.15) is 0 Å². The van der Waals surface area contributed by atoms with E-state index in [2.05, 4.69) is 13.5 Å². The molecule has 1 aliphatic heterocycles. The lowest BCUT2D eigenvalue weighted by Gasteiger charge is -2.28. The highest BCUT2D eigenvalue weighted by atomic mass is 28.4. The molecule has 2 atom stereocenters. The molecule has 126 valence electrons. The molecule has 0 aromatic carbocycles. The molecule has 2 unspecified atom stereocenters. The van der Waals surface area contributed by atoms with Crippen LogP contribution in [0.1, 0.15) is 52.9 Å². The lowest BCUT2D eigenvalue weighted by molar-refractivity contribution is 0.0313. The summed E-state index contributed by atoms with van der Waals surface area (Å²) in [6.07, 6.45) is 6.64. The Kier molecular flexibility index (Phi) is 9.76. The van der Waals surface area contributed by atoms with Gasteiger partial charge in [0.2, 0.25) is 0 Å². The Labute approximate surface area is 131 Å². The highest BCUT2D eigenvalue weighted by Gasteiger charge is 2.32. The number of epoxide rings is 1. The lowest BCUT2D eigenvalue weighted by Crippen LogP contribution is -2.39. The SMILES string of the molecule is CCCCCC(CC[Si](C)(OCC)OCC)OCC1CO1. The van der Waals surface area contributed by atoms with Crippen LogP contribution in [-0.4, -0.2) is 47.2 Å². The van der Waals surface area contributed by atoms with Crippen LogP contribution < -0.4 is 0 Å². The fraction of sp³-hybridized carbons (Fsp3) is 1.00. The van der Waals surface area contributed by atoms with Crippen LogP contribution in [0.4, 0.5) is 0 Å². The Morgan fingerprint density at radius 1 is 1.10 bits per heavy atom. The average Bonchev–Trinajstić information content (AvgIpc) is 3.26. The number of rotatable bonds is 14. The van der Waals surface area contributed by atoms with E-state index in [9.17, 15) is 0 Å². The Balaban J connectivity index is 2.36. The highest BCUT2D eigenvalue weighted by molar-refractivity contribution is 6.66. The van der Waals surface area contributed by atoms with Gasteiger partial charge >= 0.3 is 8.56 Å². The zero-order chi connectivity index (χ0) is 15.6. The van der Waals surface area contributed by atoms with Crippen molar-refractivity contribution in [2.75, 3.05) is 26.4 Å². The minimum atomic E-state index is -2.01. The van der Waals surface area contributed by atoms with E-state index in [1.165, 1.54) is 19.3 Å². The Morgan fingerprint density at radius 2 is 1.76 bits per heavy atom. The summed E-state index contributed by atoms with van der Waals surface area (Å²) in [5, 5.41) is 0. The summed E-state index contributed by atoms with van der Waals surface area (Å²) in [6, 6.07) is 1.01. The number of ether oxygens (including phenoxy) is 2. The molecule has 0 aromatic heterocycles. The molecule has 0 radical (unpaired) electrons. The summed E-state index contributed by atoms with van der Waals surface area (Å²) in [4.78, 5) is 0. The van der Waals surface area contributed by atoms with E-state index >= 15 is 0 Å². The van der Waals surface area contributed by atoms with Crippen molar-refractivity contribution in [2.24, 2.45) is 0 Å². The minimum Gasteiger partial charge on any atom is -0.395 e. The number of unbranched alkanes of at least 4 members (excludes halogenated alkanes) is 2. The van der Waals surface area contributed by atoms with E-state index in [1.54, 1.807) is 0 Å². The predicted molar refractivity (Wildman–Crippen MR) is 87.9 cm³/mol. The van der Waals surface area contributed by atoms with Gasteiger partial charge in [-0.1, -0.05) is 26.2 Å². The maximum Gasteiger partial charge on any atom is 0.335 e. The van der Waals surface area contributed by atoms with Crippen LogP contribution in [0.3, 0.4) is 0 Å². The van der Waals surface area contributed by atoms with E-state index in [1.807, 2.05) is 13.8 Å². The highest BCUT2D eigenvalue weighted by Crippen LogP contribution is 2.22. The zero-order valence-electron chi connectivity index (χ0n) is 14.4. The van der Waals surface area contributed by atoms with Crippen LogP contribution >= 0.6 is 0 Å². The van der Waals surface area contributed by atoms with Gasteiger partial charge in [0.1, 0.15) is 6.10 Å². The van der Waals surface area contributed by atoms with Crippen molar-refractivity contribution in [3.63, 3.8) is 0 Å². The van der Waals surface area contributed by atoms with Crippen molar-refractivity contribution in [3.8, 4) is 0 Å². The molecular weight excluding hydrogens is 284 g/mol. The minimum absolute atomic E-state index is 0.327. The van der Waals surface area contributed by atoms with Crippen molar-refractivity contribution in [3.05, 3.63) is 0 Å². The molecular formula is C16H34O4Si. The summed E-state index contributed by atoms with van der Waals surface area (Å²) in [7, 11) is -2.01. The third-order valence-electron chi connectivity index (χ3n) is 3.87. The Morgan fingerprint density at radius 3 is 2.29 bits per heavy atom. The first-order chi connectivity index (χ1) is 10.1. The molecule has 1 saturated heterocycles. The van der Waals surface area contributed by atoms with Gasteiger partial charge in [0, 0.05) is 13.2 Å². The summed E-state index contributed by atoms with van der Waals surface area (Å²) in [5.41, 5.74) is 0. The van der Waals surface area contributed by atoms with Crippen LogP contribution in [0, 0.1) is 0 Å². The first-order valence-corrected chi connectivity index (χ1v) is 11.2. The second-order valence-electron chi connectivity index (χ2n) is 5.94.